The molecule has 1 heterocycles. The summed E-state index contributed by atoms with van der Waals surface area (Å²) in [4.78, 5) is 24.3. The molecule has 1 aliphatic rings. The third-order valence-electron chi connectivity index (χ3n) is 5.14. The fraction of sp³-hybridized carbons (Fsp3) is 0.154. The molecule has 3 aromatic carbocycles. The van der Waals surface area contributed by atoms with Gasteiger partial charge in [-0.25, -0.2) is 4.79 Å². The smallest absolute Gasteiger partial charge is 0.335 e. The van der Waals surface area contributed by atoms with Gasteiger partial charge in [-0.3, -0.25) is 4.79 Å². The Morgan fingerprint density at radius 2 is 1.55 bits per heavy atom. The number of fused-ring (bicyclic) bond motifs is 1. The highest BCUT2D eigenvalue weighted by atomic mass is 16.5. The highest BCUT2D eigenvalue weighted by molar-refractivity contribution is 6.37. The number of amides is 1. The number of carbonyl (C=O) groups is 2. The number of carboxylic acids is 1. The van der Waals surface area contributed by atoms with Gasteiger partial charge in [0.15, 0.2) is 11.5 Å². The van der Waals surface area contributed by atoms with Crippen LogP contribution in [0.1, 0.15) is 35.3 Å². The second-order valence-electron chi connectivity index (χ2n) is 7.29. The standard InChI is InChI=1S/C26H24N2O5/c1-3-32-21-14-19-20(15-22(21)33-4-2)28-25(29)23(19)24(16-8-6-5-7-9-16)27-18-12-10-17(11-13-18)26(30)31/h5-15,27H,3-4H2,1-2H3,(H,28,29)(H,30,31). The van der Waals surface area contributed by atoms with Crippen LogP contribution in [0.3, 0.4) is 0 Å². The third kappa shape index (κ3) is 4.52. The van der Waals surface area contributed by atoms with Crippen LogP contribution in [0.25, 0.3) is 11.3 Å². The van der Waals surface area contributed by atoms with E-state index in [4.69, 9.17) is 9.47 Å². The molecule has 0 fully saturated rings. The molecule has 0 aromatic heterocycles. The Labute approximate surface area is 191 Å². The van der Waals surface area contributed by atoms with Crippen LogP contribution in [0.5, 0.6) is 11.5 Å². The summed E-state index contributed by atoms with van der Waals surface area (Å²) in [6, 6.07) is 19.5. The summed E-state index contributed by atoms with van der Waals surface area (Å²) in [6.45, 7) is 4.71. The zero-order valence-corrected chi connectivity index (χ0v) is 18.3. The molecular formula is C26H24N2O5. The summed E-state index contributed by atoms with van der Waals surface area (Å²) < 4.78 is 11.5. The van der Waals surface area contributed by atoms with Crippen molar-refractivity contribution >= 4 is 34.5 Å². The van der Waals surface area contributed by atoms with E-state index in [1.165, 1.54) is 12.1 Å². The minimum atomic E-state index is -0.999. The summed E-state index contributed by atoms with van der Waals surface area (Å²) in [6.07, 6.45) is 0. The zero-order valence-electron chi connectivity index (χ0n) is 18.3. The van der Waals surface area contributed by atoms with E-state index in [0.717, 1.165) is 5.56 Å². The van der Waals surface area contributed by atoms with Crippen LogP contribution < -0.4 is 20.1 Å². The maximum Gasteiger partial charge on any atom is 0.335 e. The Morgan fingerprint density at radius 1 is 0.909 bits per heavy atom. The van der Waals surface area contributed by atoms with Gasteiger partial charge in [0.25, 0.3) is 5.91 Å². The molecule has 0 unspecified atom stereocenters. The molecule has 1 amide bonds. The van der Waals surface area contributed by atoms with Crippen LogP contribution in [-0.2, 0) is 4.79 Å². The lowest BCUT2D eigenvalue weighted by Crippen LogP contribution is -2.10. The van der Waals surface area contributed by atoms with Gasteiger partial charge in [-0.15, -0.1) is 0 Å². The highest BCUT2D eigenvalue weighted by Gasteiger charge is 2.30. The topological polar surface area (TPSA) is 96.9 Å². The fourth-order valence-corrected chi connectivity index (χ4v) is 3.69. The van der Waals surface area contributed by atoms with Crippen molar-refractivity contribution in [1.29, 1.82) is 0 Å². The first-order valence-electron chi connectivity index (χ1n) is 10.7. The van der Waals surface area contributed by atoms with Crippen LogP contribution >= 0.6 is 0 Å². The first kappa shape index (κ1) is 22.0. The van der Waals surface area contributed by atoms with E-state index < -0.39 is 5.97 Å². The van der Waals surface area contributed by atoms with Crippen molar-refractivity contribution in [2.24, 2.45) is 0 Å². The van der Waals surface area contributed by atoms with Crippen LogP contribution in [0.4, 0.5) is 11.4 Å². The van der Waals surface area contributed by atoms with Crippen molar-refractivity contribution in [3.8, 4) is 11.5 Å². The van der Waals surface area contributed by atoms with Gasteiger partial charge in [0.2, 0.25) is 0 Å². The minimum absolute atomic E-state index is 0.184. The summed E-state index contributed by atoms with van der Waals surface area (Å²) in [5, 5.41) is 15.4. The number of nitrogens with one attached hydrogen (secondary N) is 2. The third-order valence-corrected chi connectivity index (χ3v) is 5.14. The van der Waals surface area contributed by atoms with E-state index in [-0.39, 0.29) is 11.5 Å². The fourth-order valence-electron chi connectivity index (χ4n) is 3.69. The van der Waals surface area contributed by atoms with Crippen LogP contribution in [0, 0.1) is 0 Å². The number of aromatic carboxylic acids is 1. The molecule has 3 aromatic rings. The number of hydrogen-bond acceptors (Lipinski definition) is 5. The van der Waals surface area contributed by atoms with E-state index in [1.54, 1.807) is 18.2 Å². The average molecular weight is 444 g/mol. The lowest BCUT2D eigenvalue weighted by molar-refractivity contribution is -0.110. The Kier molecular flexibility index (Phi) is 6.31. The van der Waals surface area contributed by atoms with Crippen molar-refractivity contribution < 1.29 is 24.2 Å². The lowest BCUT2D eigenvalue weighted by Gasteiger charge is -2.16. The molecule has 0 saturated heterocycles. The number of carbonyl (C=O) groups excluding carboxylic acids is 1. The largest absolute Gasteiger partial charge is 0.490 e. The SMILES string of the molecule is CCOc1cc2c(cc1OCC)C(=C(Nc1ccc(C(=O)O)cc1)c1ccccc1)C(=O)N2. The first-order valence-corrected chi connectivity index (χ1v) is 10.7. The van der Waals surface area contributed by atoms with Crippen molar-refractivity contribution in [3.05, 3.63) is 83.4 Å². The second-order valence-corrected chi connectivity index (χ2v) is 7.29. The van der Waals surface area contributed by atoms with Crippen molar-refractivity contribution in [3.63, 3.8) is 0 Å². The second kappa shape index (κ2) is 9.48. The molecule has 0 bridgehead atoms. The maximum absolute atomic E-state index is 13.1. The predicted molar refractivity (Wildman–Crippen MR) is 128 cm³/mol. The molecule has 7 heteroatoms. The highest BCUT2D eigenvalue weighted by Crippen LogP contribution is 2.43. The number of carboxylic acid groups (broad SMARTS) is 1. The van der Waals surface area contributed by atoms with Crippen molar-refractivity contribution in [2.45, 2.75) is 13.8 Å². The van der Waals surface area contributed by atoms with Gasteiger partial charge in [-0.2, -0.15) is 0 Å². The number of anilines is 2. The van der Waals surface area contributed by atoms with Crippen LogP contribution in [0.15, 0.2) is 66.7 Å². The molecule has 0 atom stereocenters. The molecule has 33 heavy (non-hydrogen) atoms. The number of rotatable bonds is 8. The molecule has 0 spiro atoms. The summed E-state index contributed by atoms with van der Waals surface area (Å²) in [5.41, 5.74) is 4.04. The summed E-state index contributed by atoms with van der Waals surface area (Å²) in [5.74, 6) is -0.126. The normalized spacial score (nSPS) is 13.7. The van der Waals surface area contributed by atoms with Crippen LogP contribution in [-0.4, -0.2) is 30.2 Å². The molecule has 1 aliphatic heterocycles. The average Bonchev–Trinajstić information content (AvgIpc) is 3.13. The Morgan fingerprint density at radius 3 is 2.15 bits per heavy atom. The Bertz CT molecular complexity index is 1220. The molecule has 168 valence electrons. The van der Waals surface area contributed by atoms with Gasteiger partial charge in [0.1, 0.15) is 0 Å². The molecular weight excluding hydrogens is 420 g/mol. The summed E-state index contributed by atoms with van der Waals surface area (Å²) in [7, 11) is 0. The number of hydrogen-bond donors (Lipinski definition) is 3. The quantitative estimate of drug-likeness (QED) is 0.418. The van der Waals surface area contributed by atoms with Crippen molar-refractivity contribution in [2.75, 3.05) is 23.8 Å². The molecule has 4 rings (SSSR count). The van der Waals surface area contributed by atoms with E-state index in [9.17, 15) is 14.7 Å². The molecule has 0 radical (unpaired) electrons. The number of benzene rings is 3. The van der Waals surface area contributed by atoms with Crippen molar-refractivity contribution in [1.82, 2.24) is 0 Å². The Balaban J connectivity index is 1.86. The van der Waals surface area contributed by atoms with E-state index in [2.05, 4.69) is 10.6 Å². The van der Waals surface area contributed by atoms with E-state index in [0.29, 0.717) is 52.9 Å². The predicted octanol–water partition coefficient (Wildman–Crippen LogP) is 5.11. The number of ether oxygens (including phenoxy) is 2. The zero-order chi connectivity index (χ0) is 23.4. The first-order chi connectivity index (χ1) is 16.0. The summed E-state index contributed by atoms with van der Waals surface area (Å²) >= 11 is 0. The van der Waals surface area contributed by atoms with Crippen LogP contribution in [0.2, 0.25) is 0 Å². The van der Waals surface area contributed by atoms with Gasteiger partial charge in [-0.1, -0.05) is 30.3 Å². The van der Waals surface area contributed by atoms with E-state index in [1.807, 2.05) is 50.2 Å². The molecule has 0 aliphatic carbocycles. The van der Waals surface area contributed by atoms with Gasteiger partial charge in [0, 0.05) is 17.3 Å². The monoisotopic (exact) mass is 444 g/mol. The van der Waals surface area contributed by atoms with Gasteiger partial charge in [-0.05, 0) is 49.7 Å². The maximum atomic E-state index is 13.1. The van der Waals surface area contributed by atoms with E-state index >= 15 is 0 Å². The van der Waals surface area contributed by atoms with Gasteiger partial charge >= 0.3 is 5.97 Å². The molecule has 7 nitrogen and oxygen atoms in total. The minimum Gasteiger partial charge on any atom is -0.490 e. The van der Waals surface area contributed by atoms with Gasteiger partial charge < -0.3 is 25.2 Å². The molecule has 0 saturated carbocycles. The van der Waals surface area contributed by atoms with Gasteiger partial charge in [0.05, 0.1) is 35.7 Å². The Hall–Kier alpha value is -4.26. The molecule has 3 N–H and O–H groups in total. The lowest BCUT2D eigenvalue weighted by atomic mass is 9.99.